The molecule has 0 saturated heterocycles. The smallest absolute Gasteiger partial charge is 0.343 e. The molecule has 1 fully saturated rings. The fraction of sp³-hybridized carbons (Fsp3) is 0.923. The van der Waals surface area contributed by atoms with E-state index in [2.05, 4.69) is 20.3 Å². The molecule has 0 N–H and O–H groups in total. The first-order valence-electron chi connectivity index (χ1n) is 12.5. The molecule has 0 aromatic rings. The molecule has 2 heteroatoms. The van der Waals surface area contributed by atoms with Gasteiger partial charge in [-0.15, -0.1) is 0 Å². The van der Waals surface area contributed by atoms with Gasteiger partial charge in [0.25, 0.3) is 0 Å². The van der Waals surface area contributed by atoms with Gasteiger partial charge in [0.1, 0.15) is 0 Å². The molecule has 0 atom stereocenters. The van der Waals surface area contributed by atoms with Gasteiger partial charge in [-0.1, -0.05) is 135 Å². The van der Waals surface area contributed by atoms with E-state index in [1.807, 2.05) is 0 Å². The molecule has 28 heavy (non-hydrogen) atoms. The van der Waals surface area contributed by atoms with Gasteiger partial charge in [-0.05, 0) is 0 Å². The maximum absolute atomic E-state index is 3.89. The average molecular weight is 379 g/mol. The van der Waals surface area contributed by atoms with Crippen LogP contribution >= 0.6 is 0 Å². The largest absolute Gasteiger partial charge is 1.00 e. The van der Waals surface area contributed by atoms with Gasteiger partial charge in [-0.2, -0.15) is 19.3 Å². The quantitative estimate of drug-likeness (QED) is 0.204. The minimum absolute atomic E-state index is 0. The topological polar surface area (TPSA) is 0 Å². The second-order valence-electron chi connectivity index (χ2n) is 8.44. The summed E-state index contributed by atoms with van der Waals surface area (Å²) in [6.07, 6.45) is 35.3. The van der Waals surface area contributed by atoms with Gasteiger partial charge in [0.15, 0.2) is 0 Å². The van der Waals surface area contributed by atoms with E-state index in [1.54, 1.807) is 0 Å². The van der Waals surface area contributed by atoms with Crippen LogP contribution in [0.4, 0.5) is 0 Å². The minimum Gasteiger partial charge on any atom is -0.343 e. The van der Waals surface area contributed by atoms with E-state index in [9.17, 15) is 0 Å². The normalized spacial score (nSPS) is 13.1. The van der Waals surface area contributed by atoms with Crippen molar-refractivity contribution in [3.8, 4) is 0 Å². The molecular formula is C26H52Li2. The molecule has 0 amide bonds. The molecule has 1 aliphatic carbocycles. The van der Waals surface area contributed by atoms with Crippen molar-refractivity contribution < 1.29 is 37.7 Å². The zero-order valence-corrected chi connectivity index (χ0v) is 20.5. The first kappa shape index (κ1) is 33.8. The third-order valence-corrected chi connectivity index (χ3v) is 5.67. The zero-order valence-electron chi connectivity index (χ0n) is 20.5. The van der Waals surface area contributed by atoms with Gasteiger partial charge in [0.05, 0.1) is 0 Å². The van der Waals surface area contributed by atoms with Crippen molar-refractivity contribution >= 4 is 0 Å². The number of hydrogen-bond donors (Lipinski definition) is 0. The van der Waals surface area contributed by atoms with E-state index in [1.165, 1.54) is 141 Å². The van der Waals surface area contributed by atoms with E-state index in [0.717, 1.165) is 6.42 Å². The van der Waals surface area contributed by atoms with E-state index < -0.39 is 0 Å². The summed E-state index contributed by atoms with van der Waals surface area (Å²) < 4.78 is 0. The fourth-order valence-corrected chi connectivity index (χ4v) is 3.80. The van der Waals surface area contributed by atoms with Crippen LogP contribution in [0.25, 0.3) is 0 Å². The van der Waals surface area contributed by atoms with Gasteiger partial charge >= 0.3 is 37.7 Å². The molecule has 0 bridgehead atoms. The van der Waals surface area contributed by atoms with Crippen LogP contribution in [0.1, 0.15) is 155 Å². The molecule has 1 aliphatic rings. The molecule has 158 valence electrons. The van der Waals surface area contributed by atoms with Crippen LogP contribution in [-0.4, -0.2) is 0 Å². The molecular weight excluding hydrogens is 326 g/mol. The van der Waals surface area contributed by atoms with Crippen LogP contribution < -0.4 is 37.7 Å². The van der Waals surface area contributed by atoms with Gasteiger partial charge in [0, 0.05) is 0 Å². The van der Waals surface area contributed by atoms with E-state index >= 15 is 0 Å². The van der Waals surface area contributed by atoms with Crippen molar-refractivity contribution in [2.45, 2.75) is 155 Å². The van der Waals surface area contributed by atoms with Crippen LogP contribution in [0.2, 0.25) is 0 Å². The molecule has 0 unspecified atom stereocenters. The Kier molecular flexibility index (Phi) is 39.7. The maximum atomic E-state index is 3.89. The van der Waals surface area contributed by atoms with E-state index in [4.69, 9.17) is 0 Å². The number of unbranched alkanes of at least 4 members (excludes halogenated alkanes) is 17. The summed E-state index contributed by atoms with van der Waals surface area (Å²) in [5, 5.41) is 0. The first-order chi connectivity index (χ1) is 12.9. The van der Waals surface area contributed by atoms with Gasteiger partial charge < -0.3 is 13.3 Å². The predicted molar refractivity (Wildman–Crippen MR) is 122 cm³/mol. The SMILES string of the molecule is [CH-]1CCCCC1.[CH2-]CCCCCCCCCCCCCCCCCCC.[Li+].[Li+]. The Balaban J connectivity index is -0.000000662. The number of rotatable bonds is 17. The number of hydrogen-bond acceptors (Lipinski definition) is 0. The average Bonchev–Trinajstić information content (AvgIpc) is 2.69. The summed E-state index contributed by atoms with van der Waals surface area (Å²) in [4.78, 5) is 0. The molecule has 1 rings (SSSR count). The Labute approximate surface area is 204 Å². The second kappa shape index (κ2) is 32.8. The first-order valence-corrected chi connectivity index (χ1v) is 12.5. The monoisotopic (exact) mass is 378 g/mol. The maximum Gasteiger partial charge on any atom is 1.00 e. The van der Waals surface area contributed by atoms with Crippen molar-refractivity contribution in [1.82, 2.24) is 0 Å². The summed E-state index contributed by atoms with van der Waals surface area (Å²) in [6, 6.07) is 0. The van der Waals surface area contributed by atoms with Crippen LogP contribution in [0.5, 0.6) is 0 Å². The summed E-state index contributed by atoms with van der Waals surface area (Å²) in [6.45, 7) is 6.19. The van der Waals surface area contributed by atoms with E-state index in [-0.39, 0.29) is 37.7 Å². The Morgan fingerprint density at radius 3 is 1.04 bits per heavy atom. The van der Waals surface area contributed by atoms with Gasteiger partial charge in [0.2, 0.25) is 0 Å². The van der Waals surface area contributed by atoms with Crippen molar-refractivity contribution in [2.24, 2.45) is 0 Å². The summed E-state index contributed by atoms with van der Waals surface area (Å²) in [5.74, 6) is 0. The molecule has 0 aromatic carbocycles. The molecule has 0 aromatic heterocycles. The fourth-order valence-electron chi connectivity index (χ4n) is 3.80. The second-order valence-corrected chi connectivity index (χ2v) is 8.44. The molecule has 1 saturated carbocycles. The molecule has 0 radical (unpaired) electrons. The summed E-state index contributed by atoms with van der Waals surface area (Å²) in [7, 11) is 0. The summed E-state index contributed by atoms with van der Waals surface area (Å²) >= 11 is 0. The molecule has 0 aliphatic heterocycles. The van der Waals surface area contributed by atoms with Gasteiger partial charge in [-0.3, -0.25) is 0 Å². The van der Waals surface area contributed by atoms with Crippen molar-refractivity contribution in [1.29, 1.82) is 0 Å². The summed E-state index contributed by atoms with van der Waals surface area (Å²) in [5.41, 5.74) is 0. The molecule has 0 nitrogen and oxygen atoms in total. The van der Waals surface area contributed by atoms with E-state index in [0.29, 0.717) is 0 Å². The third kappa shape index (κ3) is 31.9. The van der Waals surface area contributed by atoms with Crippen molar-refractivity contribution in [3.05, 3.63) is 13.3 Å². The standard InChI is InChI=1S/C20H41.C6H11.2Li/c1-3-5-7-9-11-13-15-17-19-20-18-16-14-12-10-8-6-4-2;1-2-4-6-5-3-1;;/h1,3-20H2,2H3;1H,2-6H2;;/q2*-1;2*+1. The third-order valence-electron chi connectivity index (χ3n) is 5.67. The van der Waals surface area contributed by atoms with Crippen molar-refractivity contribution in [3.63, 3.8) is 0 Å². The molecule has 0 spiro atoms. The Morgan fingerprint density at radius 2 is 0.821 bits per heavy atom. The van der Waals surface area contributed by atoms with Crippen LogP contribution in [0.15, 0.2) is 0 Å². The zero-order chi connectivity index (χ0) is 19.0. The Bertz CT molecular complexity index is 197. The van der Waals surface area contributed by atoms with Crippen LogP contribution in [-0.2, 0) is 0 Å². The van der Waals surface area contributed by atoms with Gasteiger partial charge in [-0.25, -0.2) is 0 Å². The Hall–Kier alpha value is 1.19. The predicted octanol–water partition coefficient (Wildman–Crippen LogP) is 4.02. The van der Waals surface area contributed by atoms with Crippen molar-refractivity contribution in [2.75, 3.05) is 0 Å². The Morgan fingerprint density at radius 1 is 0.500 bits per heavy atom. The molecule has 0 heterocycles. The minimum atomic E-state index is 0. The van der Waals surface area contributed by atoms with Crippen LogP contribution in [0, 0.1) is 13.3 Å². The van der Waals surface area contributed by atoms with Crippen LogP contribution in [0.3, 0.4) is 0 Å².